The van der Waals surface area contributed by atoms with Crippen molar-refractivity contribution >= 4 is 5.91 Å². The number of amides is 1. The Morgan fingerprint density at radius 2 is 2.00 bits per heavy atom. The molecule has 1 atom stereocenters. The first-order chi connectivity index (χ1) is 5.23. The average Bonchev–Trinajstić information content (AvgIpc) is 2.36. The van der Waals surface area contributed by atoms with Crippen LogP contribution in [-0.4, -0.2) is 22.7 Å². The molecule has 3 heteroatoms. The molecule has 3 nitrogen and oxygen atoms in total. The molecule has 0 aromatic rings. The maximum Gasteiger partial charge on any atom is 0.251 e. The second-order valence-electron chi connectivity index (χ2n) is 4.78. The van der Waals surface area contributed by atoms with Crippen LogP contribution in [-0.2, 0) is 4.79 Å². The second kappa shape index (κ2) is 2.46. The molecule has 0 radical (unpaired) electrons. The normalized spacial score (nSPS) is 26.6. The van der Waals surface area contributed by atoms with Crippen molar-refractivity contribution in [2.45, 2.75) is 45.8 Å². The van der Waals surface area contributed by atoms with Crippen LogP contribution in [0.1, 0.15) is 34.1 Å². The highest BCUT2D eigenvalue weighted by Gasteiger charge is 2.47. The molecule has 1 aliphatic rings. The van der Waals surface area contributed by atoms with E-state index < -0.39 is 5.60 Å². The van der Waals surface area contributed by atoms with E-state index in [9.17, 15) is 9.90 Å². The molecule has 70 valence electrons. The Labute approximate surface area is 73.2 Å². The van der Waals surface area contributed by atoms with Crippen LogP contribution < -0.4 is 5.32 Å². The lowest BCUT2D eigenvalue weighted by Gasteiger charge is -2.17. The summed E-state index contributed by atoms with van der Waals surface area (Å²) in [6, 6.07) is 0.247. The van der Waals surface area contributed by atoms with E-state index in [0.717, 1.165) is 6.42 Å². The fraction of sp³-hybridized carbons (Fsp3) is 0.889. The van der Waals surface area contributed by atoms with Crippen LogP contribution in [0.4, 0.5) is 0 Å². The fourth-order valence-corrected chi connectivity index (χ4v) is 1.05. The topological polar surface area (TPSA) is 49.3 Å². The lowest BCUT2D eigenvalue weighted by atomic mass is 10.1. The number of hydrogen-bond donors (Lipinski definition) is 2. The smallest absolute Gasteiger partial charge is 0.251 e. The SMILES string of the molecule is CC(C)(O)C(=O)NC1CC1(C)C. The minimum Gasteiger partial charge on any atom is -0.381 e. The Bertz CT molecular complexity index is 203. The number of carbonyl (C=O) groups excluding carboxylic acids is 1. The summed E-state index contributed by atoms with van der Waals surface area (Å²) in [5.74, 6) is -0.280. The number of carbonyl (C=O) groups is 1. The minimum atomic E-state index is -1.25. The lowest BCUT2D eigenvalue weighted by Crippen LogP contribution is -2.43. The molecular formula is C9H17NO2. The van der Waals surface area contributed by atoms with Crippen molar-refractivity contribution in [2.24, 2.45) is 5.41 Å². The Morgan fingerprint density at radius 3 is 2.25 bits per heavy atom. The van der Waals surface area contributed by atoms with Gasteiger partial charge in [0.25, 0.3) is 5.91 Å². The van der Waals surface area contributed by atoms with E-state index in [1.165, 1.54) is 13.8 Å². The van der Waals surface area contributed by atoms with Crippen LogP contribution in [0.2, 0.25) is 0 Å². The molecule has 0 aromatic carbocycles. The van der Waals surface area contributed by atoms with Crippen molar-refractivity contribution in [3.8, 4) is 0 Å². The first-order valence-corrected chi connectivity index (χ1v) is 4.27. The maximum absolute atomic E-state index is 11.2. The van der Waals surface area contributed by atoms with Gasteiger partial charge < -0.3 is 10.4 Å². The quantitative estimate of drug-likeness (QED) is 0.641. The Kier molecular flexibility index (Phi) is 1.95. The second-order valence-corrected chi connectivity index (χ2v) is 4.78. The largest absolute Gasteiger partial charge is 0.381 e. The van der Waals surface area contributed by atoms with E-state index in [0.29, 0.717) is 0 Å². The Morgan fingerprint density at radius 1 is 1.58 bits per heavy atom. The zero-order valence-corrected chi connectivity index (χ0v) is 8.14. The Hall–Kier alpha value is -0.570. The van der Waals surface area contributed by atoms with Crippen molar-refractivity contribution in [3.05, 3.63) is 0 Å². The molecule has 0 aromatic heterocycles. The molecule has 0 bridgehead atoms. The van der Waals surface area contributed by atoms with E-state index in [2.05, 4.69) is 19.2 Å². The predicted octanol–water partition coefficient (Wildman–Crippen LogP) is 0.672. The third-order valence-electron chi connectivity index (χ3n) is 2.37. The van der Waals surface area contributed by atoms with Crippen LogP contribution >= 0.6 is 0 Å². The average molecular weight is 171 g/mol. The monoisotopic (exact) mass is 171 g/mol. The van der Waals surface area contributed by atoms with Gasteiger partial charge in [-0.15, -0.1) is 0 Å². The molecule has 1 amide bonds. The molecule has 1 fully saturated rings. The summed E-state index contributed by atoms with van der Waals surface area (Å²) in [6.45, 7) is 7.19. The Balaban J connectivity index is 2.40. The van der Waals surface area contributed by atoms with Crippen LogP contribution in [0.5, 0.6) is 0 Å². The number of hydrogen-bond acceptors (Lipinski definition) is 2. The van der Waals surface area contributed by atoms with Gasteiger partial charge in [-0.25, -0.2) is 0 Å². The zero-order chi connectivity index (χ0) is 9.57. The molecule has 1 saturated carbocycles. The molecule has 1 aliphatic carbocycles. The van der Waals surface area contributed by atoms with Crippen molar-refractivity contribution in [1.82, 2.24) is 5.32 Å². The van der Waals surface area contributed by atoms with E-state index >= 15 is 0 Å². The zero-order valence-electron chi connectivity index (χ0n) is 8.14. The maximum atomic E-state index is 11.2. The van der Waals surface area contributed by atoms with Crippen LogP contribution in [0.3, 0.4) is 0 Å². The van der Waals surface area contributed by atoms with E-state index in [-0.39, 0.29) is 17.4 Å². The van der Waals surface area contributed by atoms with Gasteiger partial charge in [-0.2, -0.15) is 0 Å². The van der Waals surface area contributed by atoms with E-state index in [1.807, 2.05) is 0 Å². The third-order valence-corrected chi connectivity index (χ3v) is 2.37. The summed E-state index contributed by atoms with van der Waals surface area (Å²) in [5.41, 5.74) is -1.03. The summed E-state index contributed by atoms with van der Waals surface area (Å²) < 4.78 is 0. The summed E-state index contributed by atoms with van der Waals surface area (Å²) >= 11 is 0. The van der Waals surface area contributed by atoms with Crippen LogP contribution in [0.25, 0.3) is 0 Å². The molecule has 12 heavy (non-hydrogen) atoms. The molecule has 1 unspecified atom stereocenters. The van der Waals surface area contributed by atoms with Crippen molar-refractivity contribution < 1.29 is 9.90 Å². The summed E-state index contributed by atoms with van der Waals surface area (Å²) in [6.07, 6.45) is 1.01. The van der Waals surface area contributed by atoms with Gasteiger partial charge in [0, 0.05) is 6.04 Å². The van der Waals surface area contributed by atoms with Gasteiger partial charge in [0.15, 0.2) is 0 Å². The highest BCUT2D eigenvalue weighted by atomic mass is 16.3. The molecule has 0 aliphatic heterocycles. The number of aliphatic hydroxyl groups is 1. The number of nitrogens with one attached hydrogen (secondary N) is 1. The summed E-state index contributed by atoms with van der Waals surface area (Å²) in [5, 5.41) is 12.1. The van der Waals surface area contributed by atoms with Gasteiger partial charge in [0.1, 0.15) is 5.60 Å². The molecule has 2 N–H and O–H groups in total. The first-order valence-electron chi connectivity index (χ1n) is 4.27. The van der Waals surface area contributed by atoms with Crippen LogP contribution in [0.15, 0.2) is 0 Å². The van der Waals surface area contributed by atoms with Crippen molar-refractivity contribution in [3.63, 3.8) is 0 Å². The highest BCUT2D eigenvalue weighted by Crippen LogP contribution is 2.44. The van der Waals surface area contributed by atoms with E-state index in [1.54, 1.807) is 0 Å². The van der Waals surface area contributed by atoms with Gasteiger partial charge in [0.05, 0.1) is 0 Å². The summed E-state index contributed by atoms with van der Waals surface area (Å²) in [4.78, 5) is 11.2. The third kappa shape index (κ3) is 1.97. The number of rotatable bonds is 2. The highest BCUT2D eigenvalue weighted by molar-refractivity contribution is 5.84. The van der Waals surface area contributed by atoms with Gasteiger partial charge >= 0.3 is 0 Å². The van der Waals surface area contributed by atoms with E-state index in [4.69, 9.17) is 0 Å². The fourth-order valence-electron chi connectivity index (χ4n) is 1.05. The minimum absolute atomic E-state index is 0.223. The standard InChI is InChI=1S/C9H17NO2/c1-8(2)5-6(8)10-7(11)9(3,4)12/h6,12H,5H2,1-4H3,(H,10,11). The molecule has 0 spiro atoms. The predicted molar refractivity (Wildman–Crippen MR) is 46.6 cm³/mol. The van der Waals surface area contributed by atoms with Gasteiger partial charge in [-0.05, 0) is 25.7 Å². The van der Waals surface area contributed by atoms with Gasteiger partial charge in [-0.3, -0.25) is 4.79 Å². The van der Waals surface area contributed by atoms with Crippen molar-refractivity contribution in [1.29, 1.82) is 0 Å². The van der Waals surface area contributed by atoms with Crippen LogP contribution in [0, 0.1) is 5.41 Å². The lowest BCUT2D eigenvalue weighted by molar-refractivity contribution is -0.136. The van der Waals surface area contributed by atoms with Gasteiger partial charge in [-0.1, -0.05) is 13.8 Å². The molecule has 1 rings (SSSR count). The van der Waals surface area contributed by atoms with Crippen molar-refractivity contribution in [2.75, 3.05) is 0 Å². The van der Waals surface area contributed by atoms with Gasteiger partial charge in [0.2, 0.25) is 0 Å². The molecule has 0 heterocycles. The molecular weight excluding hydrogens is 154 g/mol. The first kappa shape index (κ1) is 9.52. The summed E-state index contributed by atoms with van der Waals surface area (Å²) in [7, 11) is 0. The molecule has 0 saturated heterocycles.